The van der Waals surface area contributed by atoms with Gasteiger partial charge in [-0.15, -0.1) is 0 Å². The van der Waals surface area contributed by atoms with Crippen LogP contribution in [0.2, 0.25) is 0 Å². The van der Waals surface area contributed by atoms with Gasteiger partial charge in [-0.25, -0.2) is 9.97 Å². The topological polar surface area (TPSA) is 92.2 Å². The number of fused-ring (bicyclic) bond motifs is 1. The van der Waals surface area contributed by atoms with E-state index >= 15 is 0 Å². The van der Waals surface area contributed by atoms with Crippen LogP contribution in [0.4, 0.5) is 0 Å². The summed E-state index contributed by atoms with van der Waals surface area (Å²) in [7, 11) is 0. The zero-order chi connectivity index (χ0) is 15.5. The highest BCUT2D eigenvalue weighted by atomic mass is 79.9. The van der Waals surface area contributed by atoms with Crippen LogP contribution in [0.15, 0.2) is 41.4 Å². The summed E-state index contributed by atoms with van der Waals surface area (Å²) in [6, 6.07) is 3.41. The Morgan fingerprint density at radius 3 is 3.00 bits per heavy atom. The summed E-state index contributed by atoms with van der Waals surface area (Å²) in [4.78, 5) is 35.0. The number of aromatic nitrogens is 4. The molecular weight excluding hydrogens is 350 g/mol. The number of carbonyl (C=O) groups excluding carboxylic acids is 2. The Morgan fingerprint density at radius 2 is 2.23 bits per heavy atom. The van der Waals surface area contributed by atoms with Gasteiger partial charge in [0.2, 0.25) is 5.78 Å². The molecule has 0 spiro atoms. The first-order valence-electron chi connectivity index (χ1n) is 6.58. The Morgan fingerprint density at radius 1 is 1.36 bits per heavy atom. The standard InChI is InChI=1S/C14H12BrN5O2/c15-9-6-10(18-7-9)13(22)16-4-2-12(21)11-8-19-14-17-3-1-5-20(11)14/h1,3,5-8,18H,2,4H2,(H,16,22). The highest BCUT2D eigenvalue weighted by Crippen LogP contribution is 2.10. The lowest BCUT2D eigenvalue weighted by Gasteiger charge is -2.03. The average molecular weight is 362 g/mol. The van der Waals surface area contributed by atoms with E-state index in [2.05, 4.69) is 36.2 Å². The molecule has 0 aliphatic rings. The number of ketones is 1. The van der Waals surface area contributed by atoms with Gasteiger partial charge in [-0.3, -0.25) is 14.0 Å². The van der Waals surface area contributed by atoms with Gasteiger partial charge in [0.1, 0.15) is 11.4 Å². The van der Waals surface area contributed by atoms with E-state index < -0.39 is 0 Å². The van der Waals surface area contributed by atoms with Crippen LogP contribution in [0.25, 0.3) is 5.78 Å². The van der Waals surface area contributed by atoms with Crippen LogP contribution >= 0.6 is 15.9 Å². The molecule has 3 aromatic heterocycles. The molecule has 8 heteroatoms. The lowest BCUT2D eigenvalue weighted by molar-refractivity contribution is 0.0935. The van der Waals surface area contributed by atoms with Gasteiger partial charge in [0.15, 0.2) is 5.78 Å². The van der Waals surface area contributed by atoms with Crippen LogP contribution in [0, 0.1) is 0 Å². The molecule has 2 N–H and O–H groups in total. The zero-order valence-electron chi connectivity index (χ0n) is 11.4. The first kappa shape index (κ1) is 14.5. The number of hydrogen-bond acceptors (Lipinski definition) is 4. The summed E-state index contributed by atoms with van der Waals surface area (Å²) in [5.41, 5.74) is 0.901. The van der Waals surface area contributed by atoms with E-state index in [4.69, 9.17) is 0 Å². The quantitative estimate of drug-likeness (QED) is 0.678. The van der Waals surface area contributed by atoms with E-state index in [0.717, 1.165) is 4.47 Å². The molecule has 0 bridgehead atoms. The summed E-state index contributed by atoms with van der Waals surface area (Å²) in [6.07, 6.45) is 6.71. The van der Waals surface area contributed by atoms with Gasteiger partial charge in [-0.2, -0.15) is 0 Å². The average Bonchev–Trinajstić information content (AvgIpc) is 3.13. The molecule has 0 radical (unpaired) electrons. The Bertz CT molecular complexity index is 839. The van der Waals surface area contributed by atoms with Gasteiger partial charge in [0, 0.05) is 36.0 Å². The maximum atomic E-state index is 12.2. The normalized spacial score (nSPS) is 10.8. The van der Waals surface area contributed by atoms with E-state index in [9.17, 15) is 9.59 Å². The number of Topliss-reactive ketones (excluding diaryl/α,β-unsaturated/α-hetero) is 1. The predicted molar refractivity (Wildman–Crippen MR) is 82.8 cm³/mol. The fourth-order valence-corrected chi connectivity index (χ4v) is 2.39. The van der Waals surface area contributed by atoms with Gasteiger partial charge < -0.3 is 10.3 Å². The van der Waals surface area contributed by atoms with Crippen molar-refractivity contribution < 1.29 is 9.59 Å². The Balaban J connectivity index is 1.60. The summed E-state index contributed by atoms with van der Waals surface area (Å²) < 4.78 is 2.43. The number of nitrogens with zero attached hydrogens (tertiary/aromatic N) is 3. The number of amides is 1. The summed E-state index contributed by atoms with van der Waals surface area (Å²) in [5.74, 6) is 0.123. The number of halogens is 1. The smallest absolute Gasteiger partial charge is 0.267 e. The van der Waals surface area contributed by atoms with Crippen LogP contribution in [0.5, 0.6) is 0 Å². The largest absolute Gasteiger partial charge is 0.356 e. The molecule has 7 nitrogen and oxygen atoms in total. The van der Waals surface area contributed by atoms with Gasteiger partial charge in [0.25, 0.3) is 5.91 Å². The Kier molecular flexibility index (Phi) is 4.01. The molecule has 0 saturated carbocycles. The molecule has 0 saturated heterocycles. The molecule has 0 fully saturated rings. The van der Waals surface area contributed by atoms with E-state index in [1.165, 1.54) is 6.20 Å². The second-order valence-electron chi connectivity index (χ2n) is 4.59. The van der Waals surface area contributed by atoms with Crippen molar-refractivity contribution in [3.05, 3.63) is 52.8 Å². The highest BCUT2D eigenvalue weighted by Gasteiger charge is 2.13. The fraction of sp³-hybridized carbons (Fsp3) is 0.143. The number of nitrogens with one attached hydrogen (secondary N) is 2. The number of imidazole rings is 1. The second kappa shape index (κ2) is 6.10. The van der Waals surface area contributed by atoms with Crippen LogP contribution in [-0.4, -0.2) is 37.6 Å². The summed E-state index contributed by atoms with van der Waals surface area (Å²) >= 11 is 3.26. The minimum Gasteiger partial charge on any atom is -0.356 e. The lowest BCUT2D eigenvalue weighted by atomic mass is 10.2. The van der Waals surface area contributed by atoms with Gasteiger partial charge in [0.05, 0.1) is 6.20 Å². The molecule has 3 rings (SSSR count). The predicted octanol–water partition coefficient (Wildman–Crippen LogP) is 1.82. The van der Waals surface area contributed by atoms with Crippen LogP contribution < -0.4 is 5.32 Å². The second-order valence-corrected chi connectivity index (χ2v) is 5.51. The number of rotatable bonds is 5. The maximum absolute atomic E-state index is 12.2. The van der Waals surface area contributed by atoms with E-state index in [1.54, 1.807) is 35.1 Å². The van der Waals surface area contributed by atoms with Crippen LogP contribution in [0.3, 0.4) is 0 Å². The van der Waals surface area contributed by atoms with Crippen molar-refractivity contribution in [1.29, 1.82) is 0 Å². The van der Waals surface area contributed by atoms with Crippen molar-refractivity contribution in [3.8, 4) is 0 Å². The van der Waals surface area contributed by atoms with E-state index in [0.29, 0.717) is 17.2 Å². The minimum atomic E-state index is -0.252. The highest BCUT2D eigenvalue weighted by molar-refractivity contribution is 9.10. The Labute approximate surface area is 133 Å². The molecule has 1 amide bonds. The minimum absolute atomic E-state index is 0.103. The SMILES string of the molecule is O=C(NCCC(=O)c1cnc2ncccn12)c1cc(Br)c[nH]1. The summed E-state index contributed by atoms with van der Waals surface area (Å²) in [5, 5.41) is 2.70. The molecule has 0 unspecified atom stereocenters. The first-order chi connectivity index (χ1) is 10.6. The number of aromatic amines is 1. The van der Waals surface area contributed by atoms with Crippen molar-refractivity contribution in [2.24, 2.45) is 0 Å². The molecule has 0 atom stereocenters. The van der Waals surface area contributed by atoms with E-state index in [1.807, 2.05) is 0 Å². The van der Waals surface area contributed by atoms with Gasteiger partial charge in [-0.1, -0.05) is 0 Å². The molecular formula is C14H12BrN5O2. The molecule has 112 valence electrons. The monoisotopic (exact) mass is 361 g/mol. The molecule has 0 aliphatic carbocycles. The maximum Gasteiger partial charge on any atom is 0.267 e. The molecule has 22 heavy (non-hydrogen) atoms. The molecule has 3 heterocycles. The van der Waals surface area contributed by atoms with Crippen LogP contribution in [-0.2, 0) is 0 Å². The van der Waals surface area contributed by atoms with Crippen molar-refractivity contribution in [3.63, 3.8) is 0 Å². The van der Waals surface area contributed by atoms with Gasteiger partial charge >= 0.3 is 0 Å². The molecule has 0 aliphatic heterocycles. The third-order valence-corrected chi connectivity index (χ3v) is 3.56. The zero-order valence-corrected chi connectivity index (χ0v) is 13.0. The van der Waals surface area contributed by atoms with Crippen molar-refractivity contribution >= 4 is 33.4 Å². The van der Waals surface area contributed by atoms with E-state index in [-0.39, 0.29) is 24.7 Å². The van der Waals surface area contributed by atoms with Crippen molar-refractivity contribution in [2.45, 2.75) is 6.42 Å². The van der Waals surface area contributed by atoms with Gasteiger partial charge in [-0.05, 0) is 28.1 Å². The number of carbonyl (C=O) groups is 2. The fourth-order valence-electron chi connectivity index (χ4n) is 2.05. The molecule has 3 aromatic rings. The lowest BCUT2D eigenvalue weighted by Crippen LogP contribution is -2.26. The first-order valence-corrected chi connectivity index (χ1v) is 7.38. The number of hydrogen-bond donors (Lipinski definition) is 2. The summed E-state index contributed by atoms with van der Waals surface area (Å²) in [6.45, 7) is 0.252. The third kappa shape index (κ3) is 2.91. The Hall–Kier alpha value is -2.48. The third-order valence-electron chi connectivity index (χ3n) is 3.10. The van der Waals surface area contributed by atoms with Crippen molar-refractivity contribution in [1.82, 2.24) is 24.7 Å². The van der Waals surface area contributed by atoms with Crippen LogP contribution in [0.1, 0.15) is 27.4 Å². The molecule has 0 aromatic carbocycles. The number of H-pyrrole nitrogens is 1. The van der Waals surface area contributed by atoms with Crippen molar-refractivity contribution in [2.75, 3.05) is 6.54 Å².